The van der Waals surface area contributed by atoms with E-state index in [1.54, 1.807) is 13.8 Å². The van der Waals surface area contributed by atoms with Crippen molar-refractivity contribution in [1.82, 2.24) is 0 Å². The molecule has 0 radical (unpaired) electrons. The van der Waals surface area contributed by atoms with Gasteiger partial charge in [-0.05, 0) is 13.8 Å². The first-order valence-corrected chi connectivity index (χ1v) is 4.19. The van der Waals surface area contributed by atoms with Crippen LogP contribution in [0.25, 0.3) is 0 Å². The van der Waals surface area contributed by atoms with Crippen molar-refractivity contribution in [2.24, 2.45) is 5.73 Å². The van der Waals surface area contributed by atoms with Gasteiger partial charge in [-0.2, -0.15) is 0 Å². The Morgan fingerprint density at radius 1 is 1.21 bits per heavy atom. The van der Waals surface area contributed by atoms with Gasteiger partial charge in [-0.1, -0.05) is 0 Å². The lowest BCUT2D eigenvalue weighted by molar-refractivity contribution is -0.151. The van der Waals surface area contributed by atoms with E-state index >= 15 is 0 Å². The van der Waals surface area contributed by atoms with Gasteiger partial charge in [0.2, 0.25) is 0 Å². The maximum absolute atomic E-state index is 10.9. The van der Waals surface area contributed by atoms with Gasteiger partial charge in [0.15, 0.2) is 0 Å². The summed E-state index contributed by atoms with van der Waals surface area (Å²) in [5.74, 6) is -1.06. The minimum atomic E-state index is -0.918. The zero-order valence-corrected chi connectivity index (χ0v) is 9.13. The average Bonchev–Trinajstić information content (AvgIpc) is 2.05. The van der Waals surface area contributed by atoms with Crippen molar-refractivity contribution in [3.05, 3.63) is 0 Å². The Balaban J connectivity index is 0. The number of esters is 2. The lowest BCUT2D eigenvalue weighted by Crippen LogP contribution is -2.35. The van der Waals surface area contributed by atoms with Crippen molar-refractivity contribution in [1.29, 1.82) is 0 Å². The minimum Gasteiger partial charge on any atom is -0.466 e. The molecule has 14 heavy (non-hydrogen) atoms. The predicted molar refractivity (Wildman–Crippen MR) is 53.1 cm³/mol. The molecule has 0 saturated heterocycles. The second kappa shape index (κ2) is 8.77. The van der Waals surface area contributed by atoms with E-state index in [9.17, 15) is 9.59 Å². The molecule has 0 heterocycles. The van der Waals surface area contributed by atoms with E-state index in [0.717, 1.165) is 0 Å². The fraction of sp³-hybridized carbons (Fsp3) is 0.750. The molecule has 0 bridgehead atoms. The van der Waals surface area contributed by atoms with Gasteiger partial charge in [0, 0.05) is 0 Å². The van der Waals surface area contributed by atoms with E-state index in [-0.39, 0.29) is 32.0 Å². The Morgan fingerprint density at radius 2 is 1.71 bits per heavy atom. The summed E-state index contributed by atoms with van der Waals surface area (Å²) in [5, 5.41) is 0. The lowest BCUT2D eigenvalue weighted by atomic mass is 10.2. The van der Waals surface area contributed by atoms with E-state index in [1.165, 1.54) is 0 Å². The third-order valence-electron chi connectivity index (χ3n) is 1.28. The highest BCUT2D eigenvalue weighted by atomic mass is 35.5. The Kier molecular flexibility index (Phi) is 9.81. The van der Waals surface area contributed by atoms with Crippen LogP contribution in [-0.4, -0.2) is 31.2 Å². The van der Waals surface area contributed by atoms with Gasteiger partial charge < -0.3 is 15.2 Å². The highest BCUT2D eigenvalue weighted by Crippen LogP contribution is 1.95. The largest absolute Gasteiger partial charge is 0.466 e. The summed E-state index contributed by atoms with van der Waals surface area (Å²) in [5.41, 5.74) is 5.36. The van der Waals surface area contributed by atoms with Gasteiger partial charge in [-0.15, -0.1) is 12.4 Å². The number of hydrogen-bond acceptors (Lipinski definition) is 5. The molecule has 5 nitrogen and oxygen atoms in total. The molecule has 0 rings (SSSR count). The zero-order valence-electron chi connectivity index (χ0n) is 8.32. The van der Waals surface area contributed by atoms with Crippen molar-refractivity contribution in [3.8, 4) is 0 Å². The number of rotatable bonds is 5. The van der Waals surface area contributed by atoms with Crippen LogP contribution in [0.4, 0.5) is 0 Å². The summed E-state index contributed by atoms with van der Waals surface area (Å²) in [6.45, 7) is 3.91. The van der Waals surface area contributed by atoms with Crippen LogP contribution < -0.4 is 5.73 Å². The minimum absolute atomic E-state index is 0. The van der Waals surface area contributed by atoms with Gasteiger partial charge in [0.1, 0.15) is 6.04 Å². The number of nitrogens with two attached hydrogens (primary N) is 1. The third-order valence-corrected chi connectivity index (χ3v) is 1.28. The standard InChI is InChI=1S/C8H15NO4.ClH/c1-3-12-7(10)5-6(9)8(11)13-4-2;/h6H,3-5,9H2,1-2H3;1H/t6-;/m0./s1. The molecule has 0 aromatic carbocycles. The Labute approximate surface area is 89.3 Å². The van der Waals surface area contributed by atoms with Crippen LogP contribution in [-0.2, 0) is 19.1 Å². The first kappa shape index (κ1) is 15.7. The molecule has 0 amide bonds. The van der Waals surface area contributed by atoms with Crippen molar-refractivity contribution >= 4 is 24.3 Å². The fourth-order valence-corrected chi connectivity index (χ4v) is 0.732. The Bertz CT molecular complexity index is 186. The van der Waals surface area contributed by atoms with Crippen molar-refractivity contribution in [2.45, 2.75) is 26.3 Å². The van der Waals surface area contributed by atoms with Crippen molar-refractivity contribution < 1.29 is 19.1 Å². The first-order valence-electron chi connectivity index (χ1n) is 4.19. The fourth-order valence-electron chi connectivity index (χ4n) is 0.732. The van der Waals surface area contributed by atoms with Gasteiger partial charge in [-0.3, -0.25) is 9.59 Å². The van der Waals surface area contributed by atoms with Gasteiger partial charge in [0.25, 0.3) is 0 Å². The molecule has 0 saturated carbocycles. The molecular weight excluding hydrogens is 210 g/mol. The van der Waals surface area contributed by atoms with E-state index in [1.807, 2.05) is 0 Å². The van der Waals surface area contributed by atoms with Crippen LogP contribution in [0.15, 0.2) is 0 Å². The molecule has 0 unspecified atom stereocenters. The molecular formula is C8H16ClNO4. The molecule has 0 spiro atoms. The molecule has 0 fully saturated rings. The Hall–Kier alpha value is -0.810. The molecule has 0 aliphatic heterocycles. The quantitative estimate of drug-likeness (QED) is 0.679. The smallest absolute Gasteiger partial charge is 0.323 e. The van der Waals surface area contributed by atoms with Gasteiger partial charge >= 0.3 is 11.9 Å². The summed E-state index contributed by atoms with van der Waals surface area (Å²) in [6.07, 6.45) is -0.132. The van der Waals surface area contributed by atoms with Gasteiger partial charge in [0.05, 0.1) is 19.6 Å². The molecule has 6 heteroatoms. The summed E-state index contributed by atoms with van der Waals surface area (Å²) in [6, 6.07) is -0.918. The average molecular weight is 226 g/mol. The molecule has 84 valence electrons. The summed E-state index contributed by atoms with van der Waals surface area (Å²) < 4.78 is 9.23. The predicted octanol–water partition coefficient (Wildman–Crippen LogP) is 0.252. The maximum Gasteiger partial charge on any atom is 0.323 e. The monoisotopic (exact) mass is 225 g/mol. The molecule has 0 aliphatic carbocycles. The first-order chi connectivity index (χ1) is 6.11. The van der Waals surface area contributed by atoms with Crippen LogP contribution in [0, 0.1) is 0 Å². The summed E-state index contributed by atoms with van der Waals surface area (Å²) in [7, 11) is 0. The van der Waals surface area contributed by atoms with Crippen LogP contribution >= 0.6 is 12.4 Å². The molecule has 0 aromatic heterocycles. The second-order valence-electron chi connectivity index (χ2n) is 2.37. The SMILES string of the molecule is CCOC(=O)C[C@H](N)C(=O)OCC.Cl. The third kappa shape index (κ3) is 6.68. The highest BCUT2D eigenvalue weighted by molar-refractivity contribution is 5.85. The Morgan fingerprint density at radius 3 is 2.14 bits per heavy atom. The van der Waals surface area contributed by atoms with E-state index in [0.29, 0.717) is 0 Å². The summed E-state index contributed by atoms with van der Waals surface area (Å²) in [4.78, 5) is 21.8. The van der Waals surface area contributed by atoms with Crippen LogP contribution in [0.1, 0.15) is 20.3 Å². The topological polar surface area (TPSA) is 78.6 Å². The number of hydrogen-bond donors (Lipinski definition) is 1. The van der Waals surface area contributed by atoms with Crippen molar-refractivity contribution in [3.63, 3.8) is 0 Å². The van der Waals surface area contributed by atoms with E-state index in [4.69, 9.17) is 5.73 Å². The zero-order chi connectivity index (χ0) is 10.3. The molecule has 2 N–H and O–H groups in total. The molecule has 0 aromatic rings. The second-order valence-corrected chi connectivity index (χ2v) is 2.37. The highest BCUT2D eigenvalue weighted by Gasteiger charge is 2.18. The molecule has 0 aliphatic rings. The number of carbonyl (C=O) groups excluding carboxylic acids is 2. The van der Waals surface area contributed by atoms with Crippen LogP contribution in [0.3, 0.4) is 0 Å². The molecule has 1 atom stereocenters. The lowest BCUT2D eigenvalue weighted by Gasteiger charge is -2.09. The number of carbonyl (C=O) groups is 2. The van der Waals surface area contributed by atoms with E-state index in [2.05, 4.69) is 9.47 Å². The summed E-state index contributed by atoms with van der Waals surface area (Å²) >= 11 is 0. The normalized spacial score (nSPS) is 11.1. The van der Waals surface area contributed by atoms with Crippen LogP contribution in [0.2, 0.25) is 0 Å². The number of halogens is 1. The van der Waals surface area contributed by atoms with Crippen LogP contribution in [0.5, 0.6) is 0 Å². The number of ether oxygens (including phenoxy) is 2. The van der Waals surface area contributed by atoms with Gasteiger partial charge in [-0.25, -0.2) is 0 Å². The maximum atomic E-state index is 10.9. The van der Waals surface area contributed by atoms with Crippen molar-refractivity contribution in [2.75, 3.05) is 13.2 Å². The van der Waals surface area contributed by atoms with E-state index < -0.39 is 18.0 Å².